The van der Waals surface area contributed by atoms with Crippen molar-refractivity contribution in [1.29, 1.82) is 0 Å². The van der Waals surface area contributed by atoms with E-state index in [1.165, 1.54) is 5.57 Å². The van der Waals surface area contributed by atoms with Gasteiger partial charge in [-0.05, 0) is 62.5 Å². The van der Waals surface area contributed by atoms with Crippen LogP contribution in [0.2, 0.25) is 0 Å². The molecule has 0 spiro atoms. The van der Waals surface area contributed by atoms with E-state index in [-0.39, 0.29) is 18.9 Å². The summed E-state index contributed by atoms with van der Waals surface area (Å²) in [5.74, 6) is 1.14. The van der Waals surface area contributed by atoms with E-state index in [2.05, 4.69) is 18.3 Å². The summed E-state index contributed by atoms with van der Waals surface area (Å²) in [6, 6.07) is 0. The van der Waals surface area contributed by atoms with E-state index < -0.39 is 5.97 Å². The van der Waals surface area contributed by atoms with E-state index in [9.17, 15) is 9.59 Å². The van der Waals surface area contributed by atoms with Crippen LogP contribution < -0.4 is 5.32 Å². The smallest absolute Gasteiger partial charge is 0.303 e. The van der Waals surface area contributed by atoms with E-state index in [4.69, 9.17) is 14.6 Å². The molecule has 3 aliphatic rings. The number of rotatable bonds is 9. The molecule has 164 valence electrons. The second-order valence-electron chi connectivity index (χ2n) is 7.63. The molecule has 6 nitrogen and oxygen atoms in total. The lowest BCUT2D eigenvalue weighted by Crippen LogP contribution is -2.25. The van der Waals surface area contributed by atoms with Gasteiger partial charge in [-0.25, -0.2) is 0 Å². The minimum Gasteiger partial charge on any atom is -0.497 e. The molecule has 0 unspecified atom stereocenters. The molecule has 0 aromatic heterocycles. The maximum atomic E-state index is 12.8. The Morgan fingerprint density at radius 2 is 1.87 bits per heavy atom. The average molecular weight is 424 g/mol. The molecule has 2 N–H and O–H groups in total. The number of carbonyl (C=O) groups is 2. The van der Waals surface area contributed by atoms with Gasteiger partial charge >= 0.3 is 5.97 Å². The van der Waals surface area contributed by atoms with E-state index in [0.29, 0.717) is 30.6 Å². The second kappa shape index (κ2) is 11.2. The number of carboxylic acid groups (broad SMARTS) is 1. The molecular weight excluding hydrogens is 394 g/mol. The highest BCUT2D eigenvalue weighted by Gasteiger charge is 2.18. The number of ether oxygens (including phenoxy) is 2. The van der Waals surface area contributed by atoms with Gasteiger partial charge in [0.25, 0.3) is 5.91 Å². The average Bonchev–Trinajstić information content (AvgIpc) is 2.98. The summed E-state index contributed by atoms with van der Waals surface area (Å²) in [5, 5.41) is 11.7. The van der Waals surface area contributed by atoms with Gasteiger partial charge in [-0.1, -0.05) is 24.3 Å². The molecule has 0 atom stereocenters. The number of nitrogens with one attached hydrogen (secondary N) is 1. The predicted molar refractivity (Wildman–Crippen MR) is 118 cm³/mol. The van der Waals surface area contributed by atoms with Gasteiger partial charge in [-0.3, -0.25) is 9.59 Å². The Balaban J connectivity index is 1.63. The van der Waals surface area contributed by atoms with Crippen molar-refractivity contribution in [3.63, 3.8) is 0 Å². The van der Waals surface area contributed by atoms with Gasteiger partial charge in [0.2, 0.25) is 0 Å². The predicted octanol–water partition coefficient (Wildman–Crippen LogP) is 4.96. The Morgan fingerprint density at radius 1 is 1.06 bits per heavy atom. The zero-order chi connectivity index (χ0) is 22.1. The van der Waals surface area contributed by atoms with Crippen LogP contribution in [0.3, 0.4) is 0 Å². The normalized spacial score (nSPS) is 18.4. The maximum absolute atomic E-state index is 12.8. The first-order chi connectivity index (χ1) is 15.0. The van der Waals surface area contributed by atoms with Crippen LogP contribution in [0.25, 0.3) is 0 Å². The molecule has 0 saturated carbocycles. The molecule has 0 aliphatic heterocycles. The van der Waals surface area contributed by atoms with Crippen molar-refractivity contribution < 1.29 is 24.2 Å². The Morgan fingerprint density at radius 3 is 2.68 bits per heavy atom. The summed E-state index contributed by atoms with van der Waals surface area (Å²) < 4.78 is 11.7. The van der Waals surface area contributed by atoms with Gasteiger partial charge < -0.3 is 19.9 Å². The Hall–Kier alpha value is -3.28. The molecule has 0 bridgehead atoms. The Labute approximate surface area is 183 Å². The van der Waals surface area contributed by atoms with Crippen molar-refractivity contribution >= 4 is 11.9 Å². The van der Waals surface area contributed by atoms with Gasteiger partial charge in [0, 0.05) is 25.0 Å². The number of allylic oxidation sites excluding steroid dienone is 9. The van der Waals surface area contributed by atoms with Gasteiger partial charge in [0.15, 0.2) is 0 Å². The fourth-order valence-electron chi connectivity index (χ4n) is 3.40. The molecule has 0 saturated heterocycles. The van der Waals surface area contributed by atoms with Crippen LogP contribution in [0.4, 0.5) is 0 Å². The van der Waals surface area contributed by atoms with Crippen LogP contribution in [0.15, 0.2) is 82.7 Å². The van der Waals surface area contributed by atoms with Crippen molar-refractivity contribution in [3.8, 4) is 0 Å². The largest absolute Gasteiger partial charge is 0.497 e. The number of carbonyl (C=O) groups excluding carboxylic acids is 1. The summed E-state index contributed by atoms with van der Waals surface area (Å²) in [7, 11) is 0. The van der Waals surface area contributed by atoms with Crippen molar-refractivity contribution in [2.75, 3.05) is 6.61 Å². The van der Waals surface area contributed by atoms with E-state index >= 15 is 0 Å². The highest BCUT2D eigenvalue weighted by molar-refractivity contribution is 5.98. The number of hydrogen-bond acceptors (Lipinski definition) is 4. The number of amides is 1. The Bertz CT molecular complexity index is 928. The SMILES string of the molecule is CC1=C(OC2=CC=C(NC(=O)C3=C(OCCCC(=O)O)CCC=C3)CC=C2)C=CCC1. The third-order valence-electron chi connectivity index (χ3n) is 5.13. The number of aliphatic carboxylic acids is 1. The summed E-state index contributed by atoms with van der Waals surface area (Å²) in [4.78, 5) is 23.5. The zero-order valence-corrected chi connectivity index (χ0v) is 17.9. The molecule has 3 aliphatic carbocycles. The third-order valence-corrected chi connectivity index (χ3v) is 5.13. The molecule has 1 amide bonds. The van der Waals surface area contributed by atoms with Crippen LogP contribution in [-0.4, -0.2) is 23.6 Å². The fourth-order valence-corrected chi connectivity index (χ4v) is 3.40. The van der Waals surface area contributed by atoms with E-state index in [0.717, 1.165) is 36.5 Å². The van der Waals surface area contributed by atoms with Crippen molar-refractivity contribution in [2.45, 2.75) is 51.9 Å². The van der Waals surface area contributed by atoms with Crippen LogP contribution in [0.1, 0.15) is 51.9 Å². The lowest BCUT2D eigenvalue weighted by molar-refractivity contribution is -0.137. The summed E-state index contributed by atoms with van der Waals surface area (Å²) in [6.07, 6.45) is 19.9. The van der Waals surface area contributed by atoms with Crippen LogP contribution in [-0.2, 0) is 19.1 Å². The summed E-state index contributed by atoms with van der Waals surface area (Å²) in [5.41, 5.74) is 2.48. The van der Waals surface area contributed by atoms with Gasteiger partial charge in [-0.15, -0.1) is 0 Å². The monoisotopic (exact) mass is 423 g/mol. The zero-order valence-electron chi connectivity index (χ0n) is 17.9. The van der Waals surface area contributed by atoms with Gasteiger partial charge in [-0.2, -0.15) is 0 Å². The lowest BCUT2D eigenvalue weighted by Gasteiger charge is -2.17. The molecule has 31 heavy (non-hydrogen) atoms. The molecule has 0 aromatic rings. The summed E-state index contributed by atoms with van der Waals surface area (Å²) >= 11 is 0. The quantitative estimate of drug-likeness (QED) is 0.512. The standard InChI is InChI=1S/C25H29NO5/c1-18-8-2-4-12-22(18)31-20-10-6-9-19(15-16-20)26-25(29)21-11-3-5-13-23(21)30-17-7-14-24(27)28/h3-4,6,10-12,15-16H,2,5,7-9,13-14,17H2,1H3,(H,26,29)(H,27,28). The van der Waals surface area contributed by atoms with Crippen LogP contribution >= 0.6 is 0 Å². The Kier molecular flexibility index (Phi) is 8.10. The molecular formula is C25H29NO5. The second-order valence-corrected chi connectivity index (χ2v) is 7.63. The molecule has 3 rings (SSSR count). The van der Waals surface area contributed by atoms with Crippen molar-refractivity contribution in [3.05, 3.63) is 82.7 Å². The molecule has 6 heteroatoms. The van der Waals surface area contributed by atoms with E-state index in [1.807, 2.05) is 36.5 Å². The first-order valence-electron chi connectivity index (χ1n) is 10.7. The van der Waals surface area contributed by atoms with Crippen molar-refractivity contribution in [2.24, 2.45) is 0 Å². The van der Waals surface area contributed by atoms with Gasteiger partial charge in [0.1, 0.15) is 17.3 Å². The molecule has 0 radical (unpaired) electrons. The summed E-state index contributed by atoms with van der Waals surface area (Å²) in [6.45, 7) is 2.36. The molecule has 0 fully saturated rings. The molecule has 0 heterocycles. The van der Waals surface area contributed by atoms with Crippen molar-refractivity contribution in [1.82, 2.24) is 5.32 Å². The first kappa shape index (κ1) is 22.4. The van der Waals surface area contributed by atoms with E-state index in [1.54, 1.807) is 6.08 Å². The lowest BCUT2D eigenvalue weighted by atomic mass is 10.0. The topological polar surface area (TPSA) is 84.9 Å². The number of hydrogen-bond donors (Lipinski definition) is 2. The number of carboxylic acids is 1. The molecule has 0 aromatic carbocycles. The minimum atomic E-state index is -0.852. The highest BCUT2D eigenvalue weighted by atomic mass is 16.5. The maximum Gasteiger partial charge on any atom is 0.303 e. The van der Waals surface area contributed by atoms with Crippen LogP contribution in [0.5, 0.6) is 0 Å². The van der Waals surface area contributed by atoms with Crippen LogP contribution in [0, 0.1) is 0 Å². The third kappa shape index (κ3) is 6.88. The minimum absolute atomic E-state index is 0.0484. The van der Waals surface area contributed by atoms with Gasteiger partial charge in [0.05, 0.1) is 12.2 Å². The highest BCUT2D eigenvalue weighted by Crippen LogP contribution is 2.24. The first-order valence-corrected chi connectivity index (χ1v) is 10.7. The fraction of sp³-hybridized carbons (Fsp3) is 0.360.